The number of allylic oxidation sites excluding steroid dienone is 2. The van der Waals surface area contributed by atoms with Gasteiger partial charge in [-0.1, -0.05) is 379 Å². The standard InChI is InChI=1S/C75H147NO5/c1-3-5-7-9-11-13-15-17-19-41-45-49-53-57-61-65-69-75(80)81-70-66-62-58-54-50-46-42-38-36-34-32-30-28-26-24-22-20-21-23-25-27-29-31-33-35-37-40-44-48-52-56-60-64-68-74(79)76-72(71-77)73(78)67-63-59-55-51-47-43-39-18-16-14-12-10-8-6-4-2/h24,26,72-73,77-78H,3-23,25,27-71H2,1-2H3,(H,76,79)/b26-24-. The molecule has 2 unspecified atom stereocenters. The van der Waals surface area contributed by atoms with Crippen LogP contribution in [0.2, 0.25) is 0 Å². The third-order valence-electron chi connectivity index (χ3n) is 17.8. The molecule has 81 heavy (non-hydrogen) atoms. The molecule has 2 atom stereocenters. The number of nitrogens with one attached hydrogen (secondary N) is 1. The highest BCUT2D eigenvalue weighted by Gasteiger charge is 2.20. The summed E-state index contributed by atoms with van der Waals surface area (Å²) in [7, 11) is 0. The van der Waals surface area contributed by atoms with E-state index in [2.05, 4.69) is 31.3 Å². The van der Waals surface area contributed by atoms with Crippen molar-refractivity contribution in [3.05, 3.63) is 12.2 Å². The molecule has 0 aromatic carbocycles. The molecule has 0 heterocycles. The van der Waals surface area contributed by atoms with Crippen LogP contribution in [0.25, 0.3) is 0 Å². The van der Waals surface area contributed by atoms with Crippen molar-refractivity contribution in [1.82, 2.24) is 5.32 Å². The van der Waals surface area contributed by atoms with Gasteiger partial charge in [-0.25, -0.2) is 0 Å². The fourth-order valence-corrected chi connectivity index (χ4v) is 12.1. The van der Waals surface area contributed by atoms with Gasteiger partial charge in [0.2, 0.25) is 5.91 Å². The van der Waals surface area contributed by atoms with Crippen molar-refractivity contribution in [3.63, 3.8) is 0 Å². The maximum Gasteiger partial charge on any atom is 0.305 e. The lowest BCUT2D eigenvalue weighted by atomic mass is 10.0. The number of hydrogen-bond donors (Lipinski definition) is 3. The minimum atomic E-state index is -0.661. The molecular weight excluding hydrogens is 995 g/mol. The molecule has 482 valence electrons. The second-order valence-electron chi connectivity index (χ2n) is 26.0. The summed E-state index contributed by atoms with van der Waals surface area (Å²) in [5.74, 6) is -0.00503. The van der Waals surface area contributed by atoms with Crippen molar-refractivity contribution < 1.29 is 24.5 Å². The molecule has 0 radical (unpaired) electrons. The molecule has 0 aliphatic carbocycles. The Kier molecular flexibility index (Phi) is 69.9. The van der Waals surface area contributed by atoms with Crippen LogP contribution in [-0.2, 0) is 14.3 Å². The fraction of sp³-hybridized carbons (Fsp3) is 0.947. The van der Waals surface area contributed by atoms with E-state index < -0.39 is 12.1 Å². The van der Waals surface area contributed by atoms with Crippen molar-refractivity contribution >= 4 is 11.9 Å². The summed E-state index contributed by atoms with van der Waals surface area (Å²) in [5, 5.41) is 23.3. The van der Waals surface area contributed by atoms with Crippen LogP contribution in [0.15, 0.2) is 12.2 Å². The largest absolute Gasteiger partial charge is 0.466 e. The van der Waals surface area contributed by atoms with Gasteiger partial charge in [0.1, 0.15) is 0 Å². The summed E-state index contributed by atoms with van der Waals surface area (Å²) in [5.41, 5.74) is 0. The number of hydrogen-bond acceptors (Lipinski definition) is 5. The highest BCUT2D eigenvalue weighted by Crippen LogP contribution is 2.20. The van der Waals surface area contributed by atoms with Gasteiger partial charge in [0.05, 0.1) is 25.4 Å². The first kappa shape index (κ1) is 79.6. The maximum absolute atomic E-state index is 12.5. The second-order valence-corrected chi connectivity index (χ2v) is 26.0. The summed E-state index contributed by atoms with van der Waals surface area (Å²) in [4.78, 5) is 24.6. The Labute approximate surface area is 508 Å². The van der Waals surface area contributed by atoms with Crippen LogP contribution in [-0.4, -0.2) is 47.4 Å². The van der Waals surface area contributed by atoms with Crippen LogP contribution >= 0.6 is 0 Å². The Balaban J connectivity index is 3.32. The van der Waals surface area contributed by atoms with Crippen molar-refractivity contribution in [3.8, 4) is 0 Å². The highest BCUT2D eigenvalue weighted by molar-refractivity contribution is 5.76. The number of carbonyl (C=O) groups excluding carboxylic acids is 2. The molecule has 6 heteroatoms. The van der Waals surface area contributed by atoms with Crippen LogP contribution in [0, 0.1) is 0 Å². The second kappa shape index (κ2) is 71.1. The Morgan fingerprint density at radius 2 is 0.580 bits per heavy atom. The average Bonchev–Trinajstić information content (AvgIpc) is 3.47. The number of amides is 1. The summed E-state index contributed by atoms with van der Waals surface area (Å²) in [6, 6.07) is -0.538. The number of carbonyl (C=O) groups is 2. The zero-order valence-electron chi connectivity index (χ0n) is 55.3. The molecule has 1 amide bonds. The van der Waals surface area contributed by atoms with Crippen LogP contribution in [0.3, 0.4) is 0 Å². The molecule has 0 aliphatic rings. The zero-order chi connectivity index (χ0) is 58.5. The molecule has 0 saturated heterocycles. The molecule has 0 spiro atoms. The normalized spacial score (nSPS) is 12.5. The molecule has 0 saturated carbocycles. The third-order valence-corrected chi connectivity index (χ3v) is 17.8. The zero-order valence-corrected chi connectivity index (χ0v) is 55.3. The van der Waals surface area contributed by atoms with Gasteiger partial charge in [-0.15, -0.1) is 0 Å². The lowest BCUT2D eigenvalue weighted by molar-refractivity contribution is -0.143. The molecule has 0 bridgehead atoms. The predicted octanol–water partition coefficient (Wildman–Crippen LogP) is 24.3. The SMILES string of the molecule is CCCCCCCCCCCCCCCCCCC(=O)OCCCCCCCCCCCCCC/C=C\CCCCCCCCCCCCCCCCCCCC(=O)NC(CO)C(O)CCCCCCCCCCCCCCCCC. The van der Waals surface area contributed by atoms with E-state index in [4.69, 9.17) is 4.74 Å². The quantitative estimate of drug-likeness (QED) is 0.0320. The smallest absolute Gasteiger partial charge is 0.305 e. The van der Waals surface area contributed by atoms with E-state index in [1.807, 2.05) is 0 Å². The number of rotatable bonds is 71. The maximum atomic E-state index is 12.5. The van der Waals surface area contributed by atoms with Crippen LogP contribution in [0.5, 0.6) is 0 Å². The molecule has 0 aromatic rings. The molecule has 0 aromatic heterocycles. The number of aliphatic hydroxyl groups is 2. The molecular formula is C75H147NO5. The van der Waals surface area contributed by atoms with Gasteiger partial charge in [-0.3, -0.25) is 9.59 Å². The first-order chi connectivity index (χ1) is 40.0. The number of esters is 1. The van der Waals surface area contributed by atoms with E-state index >= 15 is 0 Å². The first-order valence-electron chi connectivity index (χ1n) is 37.4. The topological polar surface area (TPSA) is 95.9 Å². The average molecular weight is 1140 g/mol. The van der Waals surface area contributed by atoms with Gasteiger partial charge in [-0.2, -0.15) is 0 Å². The van der Waals surface area contributed by atoms with E-state index in [1.54, 1.807) is 0 Å². The van der Waals surface area contributed by atoms with Crippen molar-refractivity contribution in [2.24, 2.45) is 0 Å². The van der Waals surface area contributed by atoms with Gasteiger partial charge in [0, 0.05) is 12.8 Å². The summed E-state index contributed by atoms with van der Waals surface area (Å²) in [6.45, 7) is 5.00. The van der Waals surface area contributed by atoms with Gasteiger partial charge in [0.25, 0.3) is 0 Å². The molecule has 0 rings (SSSR count). The van der Waals surface area contributed by atoms with Crippen molar-refractivity contribution in [2.45, 2.75) is 443 Å². The van der Waals surface area contributed by atoms with E-state index in [9.17, 15) is 19.8 Å². The van der Waals surface area contributed by atoms with Crippen LogP contribution < -0.4 is 5.32 Å². The van der Waals surface area contributed by atoms with E-state index in [0.717, 1.165) is 38.5 Å². The summed E-state index contributed by atoms with van der Waals surface area (Å²) < 4.78 is 5.51. The summed E-state index contributed by atoms with van der Waals surface area (Å²) in [6.07, 6.45) is 88.6. The van der Waals surface area contributed by atoms with Gasteiger partial charge < -0.3 is 20.3 Å². The predicted molar refractivity (Wildman–Crippen MR) is 357 cm³/mol. The molecule has 6 nitrogen and oxygen atoms in total. The Morgan fingerprint density at radius 1 is 0.333 bits per heavy atom. The van der Waals surface area contributed by atoms with Gasteiger partial charge in [0.15, 0.2) is 0 Å². The highest BCUT2D eigenvalue weighted by atomic mass is 16.5. The van der Waals surface area contributed by atoms with Gasteiger partial charge >= 0.3 is 5.97 Å². The lowest BCUT2D eigenvalue weighted by Gasteiger charge is -2.22. The van der Waals surface area contributed by atoms with Crippen LogP contribution in [0.1, 0.15) is 431 Å². The molecule has 3 N–H and O–H groups in total. The van der Waals surface area contributed by atoms with E-state index in [-0.39, 0.29) is 18.5 Å². The van der Waals surface area contributed by atoms with E-state index in [1.165, 1.54) is 360 Å². The van der Waals surface area contributed by atoms with Crippen molar-refractivity contribution in [2.75, 3.05) is 13.2 Å². The van der Waals surface area contributed by atoms with Crippen LogP contribution in [0.4, 0.5) is 0 Å². The number of unbranched alkanes of at least 4 members (excludes halogenated alkanes) is 58. The fourth-order valence-electron chi connectivity index (χ4n) is 12.1. The Hall–Kier alpha value is -1.40. The third kappa shape index (κ3) is 67.6. The Bertz CT molecular complexity index is 1220. The summed E-state index contributed by atoms with van der Waals surface area (Å²) >= 11 is 0. The molecule has 0 aliphatic heterocycles. The number of aliphatic hydroxyl groups excluding tert-OH is 2. The van der Waals surface area contributed by atoms with Crippen molar-refractivity contribution in [1.29, 1.82) is 0 Å². The van der Waals surface area contributed by atoms with E-state index in [0.29, 0.717) is 25.9 Å². The van der Waals surface area contributed by atoms with Gasteiger partial charge in [-0.05, 0) is 51.4 Å². The minimum Gasteiger partial charge on any atom is -0.466 e. The Morgan fingerprint density at radius 3 is 0.877 bits per heavy atom. The monoisotopic (exact) mass is 1140 g/mol. The minimum absolute atomic E-state index is 0.0232. The first-order valence-corrected chi connectivity index (χ1v) is 37.4. The number of ether oxygens (including phenoxy) is 1. The lowest BCUT2D eigenvalue weighted by Crippen LogP contribution is -2.45. The molecule has 0 fully saturated rings.